The molecule has 1 N–H and O–H groups in total. The van der Waals surface area contributed by atoms with Gasteiger partial charge in [-0.3, -0.25) is 0 Å². The fourth-order valence-electron chi connectivity index (χ4n) is 4.82. The van der Waals surface area contributed by atoms with Crippen LogP contribution >= 0.6 is 0 Å². The second-order valence-corrected chi connectivity index (χ2v) is 10.1. The molecular weight excluding hydrogens is 424 g/mol. The molecule has 2 aliphatic carbocycles. The third-order valence-corrected chi connectivity index (χ3v) is 8.14. The van der Waals surface area contributed by atoms with Crippen LogP contribution in [-0.4, -0.2) is 35.6 Å². The number of sulfonamides is 1. The van der Waals surface area contributed by atoms with E-state index >= 15 is 0 Å². The van der Waals surface area contributed by atoms with E-state index in [0.29, 0.717) is 11.4 Å². The highest BCUT2D eigenvalue weighted by atomic mass is 32.2. The first-order valence-corrected chi connectivity index (χ1v) is 11.2. The van der Waals surface area contributed by atoms with Gasteiger partial charge in [-0.25, -0.2) is 31.9 Å². The summed E-state index contributed by atoms with van der Waals surface area (Å²) in [6.45, 7) is 4.03. The standard InChI is InChI=1S/C21H19F2N5O2S/c1-20-10-12(20)11-9-15(17-13(22)5-4-6-14(17)23)27-28-18(11)21(20,2)16-7-8-25-19(26-16)31(29,30)24-3/h4-9,12,24H,10H2,1-3H3/t12-,20?,21-/m0/s1. The van der Waals surface area contributed by atoms with E-state index in [2.05, 4.69) is 31.8 Å². The Hall–Kier alpha value is -2.85. The summed E-state index contributed by atoms with van der Waals surface area (Å²) < 4.78 is 55.2. The SMILES string of the molecule is CNS(=O)(=O)c1nccc([C@@]2(C)c3nnc(-c4c(F)cccc4F)cc3[C@@H]3CC32C)n1. The predicted molar refractivity (Wildman–Crippen MR) is 108 cm³/mol. The van der Waals surface area contributed by atoms with Crippen LogP contribution in [0.3, 0.4) is 0 Å². The minimum atomic E-state index is -3.82. The van der Waals surface area contributed by atoms with Crippen molar-refractivity contribution in [3.63, 3.8) is 0 Å². The molecule has 0 aliphatic heterocycles. The maximum Gasteiger partial charge on any atom is 0.276 e. The van der Waals surface area contributed by atoms with Crippen LogP contribution in [0, 0.1) is 17.0 Å². The summed E-state index contributed by atoms with van der Waals surface area (Å²) in [4.78, 5) is 8.24. The van der Waals surface area contributed by atoms with E-state index < -0.39 is 27.1 Å². The summed E-state index contributed by atoms with van der Waals surface area (Å²) in [5.74, 6) is -1.30. The number of benzene rings is 1. The van der Waals surface area contributed by atoms with Gasteiger partial charge in [0.1, 0.15) is 11.6 Å². The number of hydrogen-bond acceptors (Lipinski definition) is 6. The van der Waals surface area contributed by atoms with Gasteiger partial charge in [0, 0.05) is 6.20 Å². The number of nitrogens with zero attached hydrogens (tertiary/aromatic N) is 4. The average Bonchev–Trinajstić information content (AvgIpc) is 3.41. The second-order valence-electron chi connectivity index (χ2n) is 8.36. The Morgan fingerprint density at radius 1 is 1.13 bits per heavy atom. The molecule has 10 heteroatoms. The van der Waals surface area contributed by atoms with E-state index in [1.807, 2.05) is 6.92 Å². The van der Waals surface area contributed by atoms with Gasteiger partial charge in [-0.1, -0.05) is 13.0 Å². The van der Waals surface area contributed by atoms with Crippen molar-refractivity contribution in [2.24, 2.45) is 5.41 Å². The van der Waals surface area contributed by atoms with Gasteiger partial charge < -0.3 is 0 Å². The topological polar surface area (TPSA) is 97.7 Å². The summed E-state index contributed by atoms with van der Waals surface area (Å²) in [7, 11) is -2.53. The molecule has 5 rings (SSSR count). The minimum absolute atomic E-state index is 0.107. The molecule has 2 heterocycles. The highest BCUT2D eigenvalue weighted by Gasteiger charge is 2.70. The zero-order valence-electron chi connectivity index (χ0n) is 17.0. The molecule has 0 saturated heterocycles. The van der Waals surface area contributed by atoms with Crippen molar-refractivity contribution >= 4 is 10.0 Å². The lowest BCUT2D eigenvalue weighted by Gasteiger charge is -2.32. The van der Waals surface area contributed by atoms with Crippen molar-refractivity contribution in [1.29, 1.82) is 0 Å². The zero-order chi connectivity index (χ0) is 22.2. The Kier molecular flexibility index (Phi) is 4.10. The van der Waals surface area contributed by atoms with E-state index in [0.717, 1.165) is 12.0 Å². The molecule has 160 valence electrons. The van der Waals surface area contributed by atoms with Crippen LogP contribution in [0.1, 0.15) is 43.1 Å². The van der Waals surface area contributed by atoms with Gasteiger partial charge in [0.2, 0.25) is 0 Å². The van der Waals surface area contributed by atoms with Crippen LogP contribution in [0.15, 0.2) is 41.7 Å². The maximum absolute atomic E-state index is 14.3. The first-order valence-electron chi connectivity index (χ1n) is 9.73. The fraction of sp³-hybridized carbons (Fsp3) is 0.333. The zero-order valence-corrected chi connectivity index (χ0v) is 17.8. The largest absolute Gasteiger partial charge is 0.276 e. The van der Waals surface area contributed by atoms with E-state index in [1.54, 1.807) is 12.1 Å². The Morgan fingerprint density at radius 2 is 1.84 bits per heavy atom. The number of halogens is 2. The number of rotatable bonds is 4. The summed E-state index contributed by atoms with van der Waals surface area (Å²) in [5.41, 5.74) is 0.928. The van der Waals surface area contributed by atoms with Crippen molar-refractivity contribution in [1.82, 2.24) is 24.9 Å². The fourth-order valence-corrected chi connectivity index (χ4v) is 5.42. The van der Waals surface area contributed by atoms with Gasteiger partial charge in [0.25, 0.3) is 15.2 Å². The molecule has 1 aromatic carbocycles. The van der Waals surface area contributed by atoms with Crippen molar-refractivity contribution in [2.75, 3.05) is 7.05 Å². The Bertz CT molecular complexity index is 1330. The summed E-state index contributed by atoms with van der Waals surface area (Å²) in [6, 6.07) is 7.04. The van der Waals surface area contributed by atoms with Gasteiger partial charge in [-0.15, -0.1) is 5.10 Å². The molecule has 1 fully saturated rings. The Labute approximate surface area is 178 Å². The molecule has 0 spiro atoms. The quantitative estimate of drug-likeness (QED) is 0.623. The lowest BCUT2D eigenvalue weighted by molar-refractivity contribution is 0.342. The number of hydrogen-bond donors (Lipinski definition) is 1. The van der Waals surface area contributed by atoms with Gasteiger partial charge in [-0.2, -0.15) is 5.10 Å². The van der Waals surface area contributed by atoms with Crippen LogP contribution in [0.4, 0.5) is 8.78 Å². The molecule has 2 aliphatic rings. The molecular formula is C21H19F2N5O2S. The van der Waals surface area contributed by atoms with Crippen LogP contribution < -0.4 is 4.72 Å². The van der Waals surface area contributed by atoms with Gasteiger partial charge in [0.05, 0.1) is 28.1 Å². The normalized spacial score (nSPS) is 26.4. The molecule has 0 bridgehead atoms. The highest BCUT2D eigenvalue weighted by molar-refractivity contribution is 7.89. The summed E-state index contributed by atoms with van der Waals surface area (Å²) >= 11 is 0. The Balaban J connectivity index is 1.68. The third-order valence-electron chi connectivity index (χ3n) is 6.93. The summed E-state index contributed by atoms with van der Waals surface area (Å²) in [5, 5.41) is 8.19. The van der Waals surface area contributed by atoms with Crippen LogP contribution in [-0.2, 0) is 15.4 Å². The number of nitrogens with one attached hydrogen (secondary N) is 1. The van der Waals surface area contributed by atoms with Gasteiger partial charge in [-0.05, 0) is 61.6 Å². The van der Waals surface area contributed by atoms with Crippen molar-refractivity contribution < 1.29 is 17.2 Å². The average molecular weight is 443 g/mol. The predicted octanol–water partition coefficient (Wildman–Crippen LogP) is 2.93. The maximum atomic E-state index is 14.3. The van der Waals surface area contributed by atoms with Crippen molar-refractivity contribution in [3.8, 4) is 11.3 Å². The third kappa shape index (κ3) is 2.61. The smallest absolute Gasteiger partial charge is 0.226 e. The monoisotopic (exact) mass is 443 g/mol. The first kappa shape index (κ1) is 20.1. The number of aromatic nitrogens is 4. The molecule has 31 heavy (non-hydrogen) atoms. The van der Waals surface area contributed by atoms with E-state index in [1.165, 1.54) is 31.4 Å². The van der Waals surface area contributed by atoms with Crippen LogP contribution in [0.2, 0.25) is 0 Å². The molecule has 0 radical (unpaired) electrons. The van der Waals surface area contributed by atoms with E-state index in [-0.39, 0.29) is 27.7 Å². The van der Waals surface area contributed by atoms with Gasteiger partial charge in [0.15, 0.2) is 0 Å². The van der Waals surface area contributed by atoms with Crippen molar-refractivity contribution in [2.45, 2.75) is 36.8 Å². The molecule has 0 amide bonds. The Morgan fingerprint density at radius 3 is 2.52 bits per heavy atom. The molecule has 7 nitrogen and oxygen atoms in total. The lowest BCUT2D eigenvalue weighted by Crippen LogP contribution is -2.34. The number of fused-ring (bicyclic) bond motifs is 3. The minimum Gasteiger partial charge on any atom is -0.226 e. The lowest BCUT2D eigenvalue weighted by atomic mass is 9.72. The van der Waals surface area contributed by atoms with Crippen molar-refractivity contribution in [3.05, 3.63) is 65.1 Å². The van der Waals surface area contributed by atoms with Crippen LogP contribution in [0.5, 0.6) is 0 Å². The van der Waals surface area contributed by atoms with E-state index in [9.17, 15) is 17.2 Å². The first-order chi connectivity index (χ1) is 14.6. The summed E-state index contributed by atoms with van der Waals surface area (Å²) in [6.07, 6.45) is 2.23. The van der Waals surface area contributed by atoms with E-state index in [4.69, 9.17) is 0 Å². The molecule has 1 saturated carbocycles. The van der Waals surface area contributed by atoms with Crippen LogP contribution in [0.25, 0.3) is 11.3 Å². The molecule has 1 unspecified atom stereocenters. The molecule has 3 aromatic rings. The second kappa shape index (κ2) is 6.33. The molecule has 3 atom stereocenters. The van der Waals surface area contributed by atoms with Gasteiger partial charge >= 0.3 is 0 Å². The highest BCUT2D eigenvalue weighted by Crippen LogP contribution is 2.75. The molecule has 2 aromatic heterocycles.